The van der Waals surface area contributed by atoms with E-state index in [2.05, 4.69) is 5.32 Å². The molecule has 2 saturated heterocycles. The lowest BCUT2D eigenvalue weighted by Gasteiger charge is -2.42. The van der Waals surface area contributed by atoms with Gasteiger partial charge in [-0.15, -0.1) is 0 Å². The average molecular weight is 274 g/mol. The van der Waals surface area contributed by atoms with E-state index in [1.165, 1.54) is 0 Å². The van der Waals surface area contributed by atoms with Gasteiger partial charge in [-0.2, -0.15) is 0 Å². The Hall–Kier alpha value is -0.790. The van der Waals surface area contributed by atoms with Crippen molar-refractivity contribution in [2.24, 2.45) is 0 Å². The van der Waals surface area contributed by atoms with Gasteiger partial charge in [0.25, 0.3) is 5.24 Å². The minimum atomic E-state index is -0.475. The van der Waals surface area contributed by atoms with Crippen molar-refractivity contribution in [1.29, 1.82) is 0 Å². The first-order valence-corrected chi connectivity index (χ1v) is 6.90. The molecule has 2 fully saturated rings. The van der Waals surface area contributed by atoms with Gasteiger partial charge in [-0.1, -0.05) is 11.8 Å². The van der Waals surface area contributed by atoms with E-state index in [0.29, 0.717) is 18.8 Å². The topological polar surface area (TPSA) is 78.9 Å². The lowest BCUT2D eigenvalue weighted by Crippen LogP contribution is -2.58. The molecule has 2 heterocycles. The van der Waals surface area contributed by atoms with Crippen molar-refractivity contribution in [3.05, 3.63) is 0 Å². The first-order valence-electron chi connectivity index (χ1n) is 5.92. The van der Waals surface area contributed by atoms with Crippen LogP contribution in [0.1, 0.15) is 13.8 Å². The zero-order valence-corrected chi connectivity index (χ0v) is 11.3. The van der Waals surface area contributed by atoms with E-state index in [1.807, 2.05) is 13.8 Å². The predicted molar refractivity (Wildman–Crippen MR) is 67.4 cm³/mol. The van der Waals surface area contributed by atoms with Crippen LogP contribution in [0.3, 0.4) is 0 Å². The number of hydrogen-bond donors (Lipinski definition) is 2. The summed E-state index contributed by atoms with van der Waals surface area (Å²) in [5.74, 6) is 0.377. The third-order valence-corrected chi connectivity index (χ3v) is 3.85. The Labute approximate surface area is 110 Å². The molecule has 2 unspecified atom stereocenters. The molecule has 2 rings (SSSR count). The van der Waals surface area contributed by atoms with Gasteiger partial charge in [0, 0.05) is 18.8 Å². The van der Waals surface area contributed by atoms with Crippen molar-refractivity contribution in [2.45, 2.75) is 31.6 Å². The number of aliphatic hydroxyl groups excluding tert-OH is 1. The van der Waals surface area contributed by atoms with E-state index in [4.69, 9.17) is 4.74 Å². The third kappa shape index (κ3) is 2.96. The van der Waals surface area contributed by atoms with Gasteiger partial charge in [0.15, 0.2) is 0 Å². The van der Waals surface area contributed by atoms with E-state index in [9.17, 15) is 14.7 Å². The van der Waals surface area contributed by atoms with Gasteiger partial charge in [-0.05, 0) is 13.8 Å². The molecular weight excluding hydrogens is 256 g/mol. The summed E-state index contributed by atoms with van der Waals surface area (Å²) in [5.41, 5.74) is -0.475. The summed E-state index contributed by atoms with van der Waals surface area (Å²) >= 11 is 1.13. The number of rotatable bonds is 2. The van der Waals surface area contributed by atoms with Crippen LogP contribution in [0.15, 0.2) is 0 Å². The SMILES string of the molecule is CC1(C)CN(C(=O)C2CSC(=O)N2)CC(CO)O1. The van der Waals surface area contributed by atoms with Gasteiger partial charge in [-0.25, -0.2) is 0 Å². The van der Waals surface area contributed by atoms with Crippen molar-refractivity contribution < 1.29 is 19.4 Å². The summed E-state index contributed by atoms with van der Waals surface area (Å²) in [4.78, 5) is 25.0. The van der Waals surface area contributed by atoms with Crippen LogP contribution < -0.4 is 5.32 Å². The largest absolute Gasteiger partial charge is 0.394 e. The Kier molecular flexibility index (Phi) is 3.84. The van der Waals surface area contributed by atoms with E-state index in [0.717, 1.165) is 11.8 Å². The molecule has 0 aromatic carbocycles. The van der Waals surface area contributed by atoms with Crippen LogP contribution >= 0.6 is 11.8 Å². The van der Waals surface area contributed by atoms with E-state index >= 15 is 0 Å². The summed E-state index contributed by atoms with van der Waals surface area (Å²) in [6.07, 6.45) is -0.359. The highest BCUT2D eigenvalue weighted by molar-refractivity contribution is 8.14. The van der Waals surface area contributed by atoms with Crippen molar-refractivity contribution in [3.63, 3.8) is 0 Å². The molecule has 0 spiro atoms. The molecule has 2 N–H and O–H groups in total. The highest BCUT2D eigenvalue weighted by atomic mass is 32.2. The Morgan fingerprint density at radius 3 is 2.94 bits per heavy atom. The van der Waals surface area contributed by atoms with Crippen LogP contribution in [0.2, 0.25) is 0 Å². The number of aliphatic hydroxyl groups is 1. The first kappa shape index (κ1) is 13.6. The van der Waals surface area contributed by atoms with Crippen molar-refractivity contribution in [1.82, 2.24) is 10.2 Å². The number of morpholine rings is 1. The average Bonchev–Trinajstić information content (AvgIpc) is 2.72. The van der Waals surface area contributed by atoms with Gasteiger partial charge in [0.1, 0.15) is 6.04 Å². The molecule has 0 aromatic heterocycles. The number of thioether (sulfide) groups is 1. The molecule has 0 aromatic rings. The molecule has 6 nitrogen and oxygen atoms in total. The highest BCUT2D eigenvalue weighted by Crippen LogP contribution is 2.23. The quantitative estimate of drug-likeness (QED) is 0.729. The Bertz CT molecular complexity index is 361. The van der Waals surface area contributed by atoms with Gasteiger partial charge in [0.2, 0.25) is 5.91 Å². The number of carbonyl (C=O) groups is 2. The van der Waals surface area contributed by atoms with Gasteiger partial charge in [-0.3, -0.25) is 9.59 Å². The maximum absolute atomic E-state index is 12.3. The van der Waals surface area contributed by atoms with Gasteiger partial charge in [0.05, 0.1) is 18.3 Å². The maximum Gasteiger partial charge on any atom is 0.279 e. The van der Waals surface area contributed by atoms with Crippen LogP contribution in [0, 0.1) is 0 Å². The summed E-state index contributed by atoms with van der Waals surface area (Å²) in [7, 11) is 0. The molecule has 0 saturated carbocycles. The molecule has 2 aliphatic heterocycles. The standard InChI is InChI=1S/C11H18N2O4S/c1-11(2)6-13(3-7(4-14)17-11)9(15)8-5-18-10(16)12-8/h7-8,14H,3-6H2,1-2H3,(H,12,16). The fourth-order valence-corrected chi connectivity index (χ4v) is 3.07. The van der Waals surface area contributed by atoms with Crippen LogP contribution in [0.5, 0.6) is 0 Å². The highest BCUT2D eigenvalue weighted by Gasteiger charge is 2.39. The second kappa shape index (κ2) is 5.07. The molecule has 2 aliphatic rings. The van der Waals surface area contributed by atoms with Gasteiger partial charge < -0.3 is 20.1 Å². The monoisotopic (exact) mass is 274 g/mol. The fourth-order valence-electron chi connectivity index (χ4n) is 2.30. The predicted octanol–water partition coefficient (Wildman–Crippen LogP) is -0.190. The minimum Gasteiger partial charge on any atom is -0.394 e. The molecule has 2 amide bonds. The third-order valence-electron chi connectivity index (χ3n) is 2.97. The van der Waals surface area contributed by atoms with Crippen molar-refractivity contribution in [2.75, 3.05) is 25.4 Å². The number of ether oxygens (including phenoxy) is 1. The minimum absolute atomic E-state index is 0.0943. The first-order chi connectivity index (χ1) is 8.41. The number of carbonyl (C=O) groups excluding carboxylic acids is 2. The summed E-state index contributed by atoms with van der Waals surface area (Å²) in [6.45, 7) is 4.50. The molecule has 7 heteroatoms. The number of nitrogens with zero attached hydrogens (tertiary/aromatic N) is 1. The Morgan fingerprint density at radius 1 is 1.67 bits per heavy atom. The molecule has 0 radical (unpaired) electrons. The number of nitrogens with one attached hydrogen (secondary N) is 1. The zero-order valence-electron chi connectivity index (χ0n) is 10.5. The molecule has 2 atom stereocenters. The summed E-state index contributed by atoms with van der Waals surface area (Å²) in [5, 5.41) is 11.7. The summed E-state index contributed by atoms with van der Waals surface area (Å²) in [6, 6.07) is -0.448. The Balaban J connectivity index is 2.03. The maximum atomic E-state index is 12.3. The van der Waals surface area contributed by atoms with Crippen molar-refractivity contribution >= 4 is 22.9 Å². The van der Waals surface area contributed by atoms with Crippen LogP contribution in [0.4, 0.5) is 4.79 Å². The van der Waals surface area contributed by atoms with Crippen LogP contribution in [-0.4, -0.2) is 64.3 Å². The van der Waals surface area contributed by atoms with Gasteiger partial charge >= 0.3 is 0 Å². The fraction of sp³-hybridized carbons (Fsp3) is 0.818. The second-order valence-corrected chi connectivity index (χ2v) is 6.19. The van der Waals surface area contributed by atoms with Crippen LogP contribution in [0.25, 0.3) is 0 Å². The molecular formula is C11H18N2O4S. The Morgan fingerprint density at radius 2 is 2.39 bits per heavy atom. The molecule has 0 aliphatic carbocycles. The van der Waals surface area contributed by atoms with E-state index in [-0.39, 0.29) is 23.9 Å². The van der Waals surface area contributed by atoms with E-state index < -0.39 is 11.6 Å². The summed E-state index contributed by atoms with van der Waals surface area (Å²) < 4.78 is 5.65. The smallest absolute Gasteiger partial charge is 0.279 e. The molecule has 0 bridgehead atoms. The normalized spacial score (nSPS) is 31.3. The lowest BCUT2D eigenvalue weighted by atomic mass is 10.0. The van der Waals surface area contributed by atoms with Crippen LogP contribution in [-0.2, 0) is 9.53 Å². The second-order valence-electron chi connectivity index (χ2n) is 5.20. The molecule has 102 valence electrons. The zero-order chi connectivity index (χ0) is 13.3. The lowest BCUT2D eigenvalue weighted by molar-refractivity contribution is -0.167. The van der Waals surface area contributed by atoms with E-state index in [1.54, 1.807) is 4.90 Å². The number of amides is 2. The molecule has 18 heavy (non-hydrogen) atoms. The van der Waals surface area contributed by atoms with Crippen molar-refractivity contribution in [3.8, 4) is 0 Å². The number of hydrogen-bond acceptors (Lipinski definition) is 5.